The Hall–Kier alpha value is -1.48. The summed E-state index contributed by atoms with van der Waals surface area (Å²) in [6.07, 6.45) is 6.37. The van der Waals surface area contributed by atoms with Gasteiger partial charge in [0.2, 0.25) is 0 Å². The molecule has 15 heavy (non-hydrogen) atoms. The predicted molar refractivity (Wildman–Crippen MR) is 61.0 cm³/mol. The van der Waals surface area contributed by atoms with E-state index >= 15 is 0 Å². The third-order valence-electron chi connectivity index (χ3n) is 2.84. The summed E-state index contributed by atoms with van der Waals surface area (Å²) in [4.78, 5) is 2.22. The maximum absolute atomic E-state index is 5.94. The Bertz CT molecular complexity index is 381. The molecule has 0 aliphatic carbocycles. The standard InChI is InChI=1S/C12H12BNO/c1-2-6-11(7-3-1)12-10-14-9-5-4-8-13(14)15-12/h1-9,12H,10H2. The smallest absolute Gasteiger partial charge is 0.404 e. The molecule has 1 atom stereocenters. The zero-order valence-corrected chi connectivity index (χ0v) is 8.41. The summed E-state index contributed by atoms with van der Waals surface area (Å²) in [7, 11) is 0.125. The molecule has 1 unspecified atom stereocenters. The average molecular weight is 197 g/mol. The minimum atomic E-state index is 0.125. The summed E-state index contributed by atoms with van der Waals surface area (Å²) in [6, 6.07) is 10.4. The lowest BCUT2D eigenvalue weighted by molar-refractivity contribution is 0.251. The molecule has 0 bridgehead atoms. The van der Waals surface area contributed by atoms with Crippen LogP contribution in [0.2, 0.25) is 0 Å². The first-order valence-corrected chi connectivity index (χ1v) is 5.24. The van der Waals surface area contributed by atoms with E-state index in [1.165, 1.54) is 5.56 Å². The number of fused-ring (bicyclic) bond motifs is 1. The van der Waals surface area contributed by atoms with E-state index in [9.17, 15) is 0 Å². The van der Waals surface area contributed by atoms with Crippen LogP contribution in [0.25, 0.3) is 0 Å². The van der Waals surface area contributed by atoms with Crippen molar-refractivity contribution in [2.24, 2.45) is 0 Å². The predicted octanol–water partition coefficient (Wildman–Crippen LogP) is 2.17. The van der Waals surface area contributed by atoms with Crippen molar-refractivity contribution < 1.29 is 4.65 Å². The SMILES string of the molecule is C1=CB2OC(c3ccccc3)CN2C=C1. The summed E-state index contributed by atoms with van der Waals surface area (Å²) in [5, 5.41) is 0. The van der Waals surface area contributed by atoms with Gasteiger partial charge in [0.25, 0.3) is 0 Å². The molecule has 2 nitrogen and oxygen atoms in total. The molecule has 0 spiro atoms. The molecule has 2 aliphatic rings. The molecule has 0 radical (unpaired) electrons. The van der Waals surface area contributed by atoms with E-state index in [2.05, 4.69) is 41.3 Å². The highest BCUT2D eigenvalue weighted by Gasteiger charge is 2.35. The van der Waals surface area contributed by atoms with E-state index < -0.39 is 0 Å². The van der Waals surface area contributed by atoms with Crippen LogP contribution in [0.3, 0.4) is 0 Å². The van der Waals surface area contributed by atoms with Crippen LogP contribution in [0.4, 0.5) is 0 Å². The Kier molecular flexibility index (Phi) is 2.11. The minimum Gasteiger partial charge on any atom is -0.404 e. The molecule has 0 saturated carbocycles. The molecule has 2 heterocycles. The minimum absolute atomic E-state index is 0.125. The van der Waals surface area contributed by atoms with Crippen molar-refractivity contribution in [3.8, 4) is 0 Å². The Labute approximate surface area is 90.0 Å². The molecule has 74 valence electrons. The van der Waals surface area contributed by atoms with E-state index in [1.54, 1.807) is 0 Å². The van der Waals surface area contributed by atoms with E-state index in [0.717, 1.165) is 6.54 Å². The van der Waals surface area contributed by atoms with Crippen LogP contribution in [0.15, 0.2) is 54.7 Å². The molecule has 3 rings (SSSR count). The van der Waals surface area contributed by atoms with Crippen molar-refractivity contribution in [2.45, 2.75) is 6.10 Å². The van der Waals surface area contributed by atoms with Gasteiger partial charge in [0.1, 0.15) is 0 Å². The first-order valence-electron chi connectivity index (χ1n) is 5.24. The Morgan fingerprint density at radius 3 is 2.87 bits per heavy atom. The van der Waals surface area contributed by atoms with E-state index in [0.29, 0.717) is 0 Å². The van der Waals surface area contributed by atoms with Crippen molar-refractivity contribution in [2.75, 3.05) is 6.54 Å². The van der Waals surface area contributed by atoms with Gasteiger partial charge < -0.3 is 9.47 Å². The lowest BCUT2D eigenvalue weighted by atomic mass is 9.80. The Morgan fingerprint density at radius 2 is 2.07 bits per heavy atom. The van der Waals surface area contributed by atoms with Gasteiger partial charge >= 0.3 is 7.05 Å². The Morgan fingerprint density at radius 1 is 1.20 bits per heavy atom. The van der Waals surface area contributed by atoms with Crippen molar-refractivity contribution in [1.82, 2.24) is 4.81 Å². The monoisotopic (exact) mass is 197 g/mol. The van der Waals surface area contributed by atoms with Gasteiger partial charge in [0, 0.05) is 6.54 Å². The second-order valence-electron chi connectivity index (χ2n) is 3.85. The lowest BCUT2D eigenvalue weighted by Crippen LogP contribution is -2.29. The fourth-order valence-corrected chi connectivity index (χ4v) is 2.06. The molecule has 2 aliphatic heterocycles. The Balaban J connectivity index is 1.82. The van der Waals surface area contributed by atoms with Gasteiger partial charge in [-0.25, -0.2) is 0 Å². The topological polar surface area (TPSA) is 12.5 Å². The normalized spacial score (nSPS) is 23.3. The summed E-state index contributed by atoms with van der Waals surface area (Å²) in [6.45, 7) is 0.940. The highest BCUT2D eigenvalue weighted by Crippen LogP contribution is 2.28. The fourth-order valence-electron chi connectivity index (χ4n) is 2.06. The van der Waals surface area contributed by atoms with Crippen molar-refractivity contribution in [1.29, 1.82) is 0 Å². The summed E-state index contributed by atoms with van der Waals surface area (Å²) in [5.41, 5.74) is 1.26. The molecule has 1 saturated heterocycles. The molecule has 0 N–H and O–H groups in total. The molecule has 1 fully saturated rings. The van der Waals surface area contributed by atoms with Gasteiger partial charge in [-0.05, 0) is 17.8 Å². The van der Waals surface area contributed by atoms with Crippen LogP contribution in [-0.2, 0) is 4.65 Å². The molecule has 0 aromatic heterocycles. The zero-order valence-electron chi connectivity index (χ0n) is 8.41. The van der Waals surface area contributed by atoms with Gasteiger partial charge in [-0.3, -0.25) is 0 Å². The molecule has 1 aromatic rings. The average Bonchev–Trinajstić information content (AvgIpc) is 2.74. The lowest BCUT2D eigenvalue weighted by Gasteiger charge is -2.15. The van der Waals surface area contributed by atoms with Gasteiger partial charge in [0.15, 0.2) is 0 Å². The van der Waals surface area contributed by atoms with Crippen LogP contribution in [-0.4, -0.2) is 18.4 Å². The number of benzene rings is 1. The molecule has 0 amide bonds. The van der Waals surface area contributed by atoms with Crippen LogP contribution >= 0.6 is 0 Å². The van der Waals surface area contributed by atoms with E-state index in [4.69, 9.17) is 4.65 Å². The summed E-state index contributed by atoms with van der Waals surface area (Å²) in [5.74, 6) is 2.09. The van der Waals surface area contributed by atoms with E-state index in [1.807, 2.05) is 18.2 Å². The van der Waals surface area contributed by atoms with Crippen LogP contribution < -0.4 is 0 Å². The second kappa shape index (κ2) is 3.59. The van der Waals surface area contributed by atoms with Gasteiger partial charge in [0.05, 0.1) is 6.10 Å². The number of hydrogen-bond donors (Lipinski definition) is 0. The molecular formula is C12H12BNO. The molecule has 3 heteroatoms. The highest BCUT2D eigenvalue weighted by atomic mass is 16.5. The molecular weight excluding hydrogens is 185 g/mol. The summed E-state index contributed by atoms with van der Waals surface area (Å²) < 4.78 is 5.94. The summed E-state index contributed by atoms with van der Waals surface area (Å²) >= 11 is 0. The maximum atomic E-state index is 5.94. The van der Waals surface area contributed by atoms with Crippen LogP contribution in [0, 0.1) is 0 Å². The van der Waals surface area contributed by atoms with Gasteiger partial charge in [-0.15, -0.1) is 0 Å². The number of allylic oxidation sites excluding steroid dienone is 2. The second-order valence-corrected chi connectivity index (χ2v) is 3.85. The number of hydrogen-bond acceptors (Lipinski definition) is 2. The third kappa shape index (κ3) is 1.59. The quantitative estimate of drug-likeness (QED) is 0.639. The number of nitrogens with zero attached hydrogens (tertiary/aromatic N) is 1. The highest BCUT2D eigenvalue weighted by molar-refractivity contribution is 6.56. The largest absolute Gasteiger partial charge is 0.444 e. The van der Waals surface area contributed by atoms with Crippen molar-refractivity contribution in [3.05, 3.63) is 60.2 Å². The van der Waals surface area contributed by atoms with Crippen molar-refractivity contribution in [3.63, 3.8) is 0 Å². The maximum Gasteiger partial charge on any atom is 0.444 e. The zero-order chi connectivity index (χ0) is 10.1. The first kappa shape index (κ1) is 8.80. The number of rotatable bonds is 1. The van der Waals surface area contributed by atoms with Crippen LogP contribution in [0.1, 0.15) is 11.7 Å². The van der Waals surface area contributed by atoms with Crippen LogP contribution in [0.5, 0.6) is 0 Å². The van der Waals surface area contributed by atoms with E-state index in [-0.39, 0.29) is 13.2 Å². The fraction of sp³-hybridized carbons (Fsp3) is 0.167. The van der Waals surface area contributed by atoms with Gasteiger partial charge in [-0.1, -0.05) is 42.4 Å². The molecule has 1 aromatic carbocycles. The first-order chi connectivity index (χ1) is 7.43. The third-order valence-corrected chi connectivity index (χ3v) is 2.84. The van der Waals surface area contributed by atoms with Gasteiger partial charge in [-0.2, -0.15) is 0 Å². The van der Waals surface area contributed by atoms with Crippen molar-refractivity contribution >= 4 is 7.05 Å².